The van der Waals surface area contributed by atoms with Crippen LogP contribution in [-0.4, -0.2) is 0 Å². The molecule has 0 aromatic heterocycles. The molecule has 19 heavy (non-hydrogen) atoms. The van der Waals surface area contributed by atoms with E-state index in [1.807, 2.05) is 0 Å². The van der Waals surface area contributed by atoms with Gasteiger partial charge in [-0.15, -0.1) is 11.6 Å². The molecule has 0 fully saturated rings. The topological polar surface area (TPSA) is 0 Å². The lowest BCUT2D eigenvalue weighted by Crippen LogP contribution is -2.17. The summed E-state index contributed by atoms with van der Waals surface area (Å²) >= 11 is 6.68. The zero-order chi connectivity index (χ0) is 13.5. The molecule has 1 heteroatoms. The van der Waals surface area contributed by atoms with E-state index in [9.17, 15) is 0 Å². The predicted octanol–water partition coefficient (Wildman–Crippen LogP) is 6.28. The smallest absolute Gasteiger partial charge is 0.0616 e. The number of hydrogen-bond acceptors (Lipinski definition) is 0. The van der Waals surface area contributed by atoms with Gasteiger partial charge in [-0.3, -0.25) is 0 Å². The minimum absolute atomic E-state index is 0.251. The van der Waals surface area contributed by atoms with Gasteiger partial charge < -0.3 is 0 Å². The molecule has 2 unspecified atom stereocenters. The van der Waals surface area contributed by atoms with Crippen LogP contribution in [0.15, 0.2) is 24.3 Å². The number of alkyl halides is 1. The van der Waals surface area contributed by atoms with Crippen molar-refractivity contribution in [3.05, 3.63) is 35.4 Å². The van der Waals surface area contributed by atoms with Crippen LogP contribution in [0.2, 0.25) is 0 Å². The fourth-order valence-corrected chi connectivity index (χ4v) is 3.71. The number of rotatable bonds is 7. The maximum Gasteiger partial charge on any atom is 0.0616 e. The van der Waals surface area contributed by atoms with Crippen LogP contribution < -0.4 is 0 Å². The largest absolute Gasteiger partial charge is 0.118 e. The van der Waals surface area contributed by atoms with Gasteiger partial charge in [-0.25, -0.2) is 0 Å². The third-order valence-corrected chi connectivity index (χ3v) is 5.07. The van der Waals surface area contributed by atoms with Gasteiger partial charge in [0, 0.05) is 0 Å². The Kier molecular flexibility index (Phi) is 6.23. The third kappa shape index (κ3) is 4.24. The van der Waals surface area contributed by atoms with Gasteiger partial charge in [-0.2, -0.15) is 0 Å². The summed E-state index contributed by atoms with van der Waals surface area (Å²) < 4.78 is 0. The van der Waals surface area contributed by atoms with Gasteiger partial charge in [-0.1, -0.05) is 69.7 Å². The second kappa shape index (κ2) is 7.94. The monoisotopic (exact) mass is 278 g/mol. The molecule has 0 N–H and O–H groups in total. The van der Waals surface area contributed by atoms with E-state index < -0.39 is 0 Å². The Morgan fingerprint density at radius 1 is 1.05 bits per heavy atom. The molecule has 0 heterocycles. The van der Waals surface area contributed by atoms with Crippen molar-refractivity contribution in [1.29, 1.82) is 0 Å². The molecule has 2 atom stereocenters. The number of halogens is 1. The Morgan fingerprint density at radius 3 is 2.63 bits per heavy atom. The maximum absolute atomic E-state index is 6.68. The second-order valence-electron chi connectivity index (χ2n) is 5.96. The Morgan fingerprint density at radius 2 is 1.79 bits per heavy atom. The summed E-state index contributed by atoms with van der Waals surface area (Å²) in [7, 11) is 0. The van der Waals surface area contributed by atoms with E-state index in [2.05, 4.69) is 31.2 Å². The fraction of sp³-hybridized carbons (Fsp3) is 0.667. The van der Waals surface area contributed by atoms with Crippen LogP contribution in [0, 0.1) is 5.92 Å². The average Bonchev–Trinajstić information content (AvgIpc) is 2.45. The first-order valence-electron chi connectivity index (χ1n) is 8.04. The molecule has 0 saturated heterocycles. The molecule has 1 aromatic carbocycles. The van der Waals surface area contributed by atoms with Crippen molar-refractivity contribution < 1.29 is 0 Å². The van der Waals surface area contributed by atoms with Crippen LogP contribution in [0.5, 0.6) is 0 Å². The van der Waals surface area contributed by atoms with E-state index in [-0.39, 0.29) is 5.38 Å². The van der Waals surface area contributed by atoms with E-state index >= 15 is 0 Å². The molecule has 0 amide bonds. The highest BCUT2D eigenvalue weighted by Crippen LogP contribution is 2.41. The number of aryl methyl sites for hydroxylation is 1. The van der Waals surface area contributed by atoms with Gasteiger partial charge in [0.05, 0.1) is 5.38 Å². The lowest BCUT2D eigenvalue weighted by molar-refractivity contribution is 0.393. The standard InChI is InChI=1S/C18H27Cl/c1-2-3-4-5-6-7-11-16-14-13-15-10-8-9-12-17(15)18(16)19/h8-10,12,16,18H,2-7,11,13-14H2,1H3. The molecule has 0 nitrogen and oxygen atoms in total. The van der Waals surface area contributed by atoms with Crippen LogP contribution in [0.25, 0.3) is 0 Å². The number of fused-ring (bicyclic) bond motifs is 1. The van der Waals surface area contributed by atoms with Gasteiger partial charge >= 0.3 is 0 Å². The van der Waals surface area contributed by atoms with Crippen LogP contribution in [0.4, 0.5) is 0 Å². The van der Waals surface area contributed by atoms with Crippen molar-refractivity contribution in [3.8, 4) is 0 Å². The highest BCUT2D eigenvalue weighted by atomic mass is 35.5. The summed E-state index contributed by atoms with van der Waals surface area (Å²) in [6.07, 6.45) is 12.1. The lowest BCUT2D eigenvalue weighted by atomic mass is 9.81. The fourth-order valence-electron chi connectivity index (χ4n) is 3.25. The van der Waals surface area contributed by atoms with Crippen LogP contribution >= 0.6 is 11.6 Å². The number of benzene rings is 1. The van der Waals surface area contributed by atoms with Crippen LogP contribution in [-0.2, 0) is 6.42 Å². The van der Waals surface area contributed by atoms with Crippen molar-refractivity contribution in [2.75, 3.05) is 0 Å². The molecule has 0 radical (unpaired) electrons. The molecule has 0 spiro atoms. The van der Waals surface area contributed by atoms with E-state index in [0.717, 1.165) is 0 Å². The summed E-state index contributed by atoms with van der Waals surface area (Å²) in [4.78, 5) is 0. The van der Waals surface area contributed by atoms with E-state index in [1.165, 1.54) is 68.9 Å². The van der Waals surface area contributed by atoms with Crippen molar-refractivity contribution in [1.82, 2.24) is 0 Å². The molecule has 1 aliphatic carbocycles. The first-order chi connectivity index (χ1) is 9.33. The zero-order valence-electron chi connectivity index (χ0n) is 12.2. The van der Waals surface area contributed by atoms with Gasteiger partial charge in [0.15, 0.2) is 0 Å². The van der Waals surface area contributed by atoms with Gasteiger partial charge in [0.25, 0.3) is 0 Å². The normalized spacial score (nSPS) is 22.2. The Hall–Kier alpha value is -0.490. The summed E-state index contributed by atoms with van der Waals surface area (Å²) in [5.74, 6) is 0.697. The molecule has 1 aromatic rings. The first kappa shape index (κ1) is 14.9. The summed E-state index contributed by atoms with van der Waals surface area (Å²) in [5.41, 5.74) is 2.87. The van der Waals surface area contributed by atoms with Gasteiger partial charge in [0.2, 0.25) is 0 Å². The molecule has 1 aliphatic rings. The van der Waals surface area contributed by atoms with Crippen molar-refractivity contribution in [2.45, 2.75) is 70.1 Å². The molecule has 2 rings (SSSR count). The van der Waals surface area contributed by atoms with Gasteiger partial charge in [0.1, 0.15) is 0 Å². The van der Waals surface area contributed by atoms with E-state index in [1.54, 1.807) is 0 Å². The third-order valence-electron chi connectivity index (χ3n) is 4.48. The van der Waals surface area contributed by atoms with E-state index in [4.69, 9.17) is 11.6 Å². The molecule has 0 aliphatic heterocycles. The maximum atomic E-state index is 6.68. The quantitative estimate of drug-likeness (QED) is 0.407. The van der Waals surface area contributed by atoms with E-state index in [0.29, 0.717) is 5.92 Å². The molecule has 0 bridgehead atoms. The first-order valence-corrected chi connectivity index (χ1v) is 8.48. The molecule has 0 saturated carbocycles. The summed E-state index contributed by atoms with van der Waals surface area (Å²) in [6.45, 7) is 2.28. The second-order valence-corrected chi connectivity index (χ2v) is 6.43. The van der Waals surface area contributed by atoms with Crippen LogP contribution in [0.1, 0.15) is 74.8 Å². The van der Waals surface area contributed by atoms with Crippen molar-refractivity contribution in [3.63, 3.8) is 0 Å². The summed E-state index contributed by atoms with van der Waals surface area (Å²) in [5, 5.41) is 0.251. The molecular formula is C18H27Cl. The highest BCUT2D eigenvalue weighted by Gasteiger charge is 2.26. The Bertz CT molecular complexity index is 372. The van der Waals surface area contributed by atoms with Crippen LogP contribution in [0.3, 0.4) is 0 Å². The van der Waals surface area contributed by atoms with Crippen molar-refractivity contribution in [2.24, 2.45) is 5.92 Å². The SMILES string of the molecule is CCCCCCCCC1CCc2ccccc2C1Cl. The van der Waals surface area contributed by atoms with Crippen molar-refractivity contribution >= 4 is 11.6 Å². The Balaban J connectivity index is 1.74. The van der Waals surface area contributed by atoms with Gasteiger partial charge in [-0.05, 0) is 36.3 Å². The lowest BCUT2D eigenvalue weighted by Gasteiger charge is -2.29. The minimum atomic E-state index is 0.251. The zero-order valence-corrected chi connectivity index (χ0v) is 13.0. The molecule has 106 valence electrons. The average molecular weight is 279 g/mol. The summed E-state index contributed by atoms with van der Waals surface area (Å²) in [6, 6.07) is 8.73. The number of hydrogen-bond donors (Lipinski definition) is 0. The number of unbranched alkanes of at least 4 members (excludes halogenated alkanes) is 5. The minimum Gasteiger partial charge on any atom is -0.118 e. The predicted molar refractivity (Wildman–Crippen MR) is 84.8 cm³/mol. The molecular weight excluding hydrogens is 252 g/mol. The highest BCUT2D eigenvalue weighted by molar-refractivity contribution is 6.21. The Labute approximate surface area is 123 Å².